The van der Waals surface area contributed by atoms with Crippen molar-refractivity contribution in [3.63, 3.8) is 0 Å². The van der Waals surface area contributed by atoms with Gasteiger partial charge in [0.2, 0.25) is 0 Å². The molecule has 0 radical (unpaired) electrons. The minimum atomic E-state index is -0.183. The van der Waals surface area contributed by atoms with Crippen LogP contribution in [0.25, 0.3) is 21.9 Å². The molecule has 0 bridgehead atoms. The number of ether oxygens (including phenoxy) is 4. The highest BCUT2D eigenvalue weighted by Crippen LogP contribution is 2.53. The van der Waals surface area contributed by atoms with E-state index in [1.54, 1.807) is 33.3 Å². The zero-order valence-electron chi connectivity index (χ0n) is 23.4. The van der Waals surface area contributed by atoms with Crippen molar-refractivity contribution >= 4 is 27.8 Å². The van der Waals surface area contributed by atoms with Gasteiger partial charge in [0, 0.05) is 68.3 Å². The highest BCUT2D eigenvalue weighted by atomic mass is 16.5. The number of pyridine rings is 1. The molecule has 9 heteroatoms. The van der Waals surface area contributed by atoms with Gasteiger partial charge in [-0.25, -0.2) is 0 Å². The molecule has 2 fully saturated rings. The van der Waals surface area contributed by atoms with Crippen molar-refractivity contribution in [1.82, 2.24) is 15.2 Å². The number of hydrogen-bond acceptors (Lipinski definition) is 8. The van der Waals surface area contributed by atoms with E-state index < -0.39 is 0 Å². The predicted octanol–water partition coefficient (Wildman–Crippen LogP) is 5.33. The van der Waals surface area contributed by atoms with E-state index >= 15 is 0 Å². The second-order valence-corrected chi connectivity index (χ2v) is 10.7. The van der Waals surface area contributed by atoms with Crippen molar-refractivity contribution in [2.75, 3.05) is 47.5 Å². The van der Waals surface area contributed by atoms with Gasteiger partial charge in [0.1, 0.15) is 22.8 Å². The summed E-state index contributed by atoms with van der Waals surface area (Å²) in [5, 5.41) is 4.20. The normalized spacial score (nSPS) is 17.9. The zero-order chi connectivity index (χ0) is 27.9. The van der Waals surface area contributed by atoms with Crippen LogP contribution >= 0.6 is 0 Å². The van der Waals surface area contributed by atoms with Crippen molar-refractivity contribution in [3.8, 4) is 23.0 Å². The number of carbonyl (C=O) groups is 1. The molecule has 2 aromatic carbocycles. The van der Waals surface area contributed by atoms with Gasteiger partial charge in [-0.1, -0.05) is 0 Å². The summed E-state index contributed by atoms with van der Waals surface area (Å²) in [6, 6.07) is 11.1. The fraction of sp³-hybridized carbons (Fsp3) is 0.419. The average Bonchev–Trinajstić information content (AvgIpc) is 3.53. The number of likely N-dealkylation sites (tertiary alicyclic amines) is 1. The summed E-state index contributed by atoms with van der Waals surface area (Å²) in [6.07, 6.45) is 5.55. The Morgan fingerprint density at radius 2 is 1.98 bits per heavy atom. The van der Waals surface area contributed by atoms with Gasteiger partial charge < -0.3 is 28.7 Å². The van der Waals surface area contributed by atoms with E-state index in [9.17, 15) is 4.79 Å². The zero-order valence-corrected chi connectivity index (χ0v) is 23.4. The summed E-state index contributed by atoms with van der Waals surface area (Å²) in [7, 11) is 5.06. The molecule has 210 valence electrons. The number of hydrogen-bond donors (Lipinski definition) is 1. The lowest BCUT2D eigenvalue weighted by Gasteiger charge is -2.17. The van der Waals surface area contributed by atoms with Gasteiger partial charge in [-0.05, 0) is 50.5 Å². The molecule has 1 aliphatic heterocycles. The van der Waals surface area contributed by atoms with Crippen molar-refractivity contribution in [2.45, 2.75) is 32.3 Å². The second-order valence-electron chi connectivity index (χ2n) is 10.7. The Morgan fingerprint density at radius 3 is 2.70 bits per heavy atom. The average molecular weight is 546 g/mol. The van der Waals surface area contributed by atoms with E-state index in [0.717, 1.165) is 42.3 Å². The van der Waals surface area contributed by atoms with Crippen LogP contribution in [-0.4, -0.2) is 69.4 Å². The van der Waals surface area contributed by atoms with Crippen molar-refractivity contribution in [3.05, 3.63) is 53.9 Å². The van der Waals surface area contributed by atoms with Gasteiger partial charge >= 0.3 is 0 Å². The molecule has 1 unspecified atom stereocenters. The van der Waals surface area contributed by atoms with Crippen LogP contribution in [0.5, 0.6) is 23.0 Å². The molecule has 1 amide bonds. The Morgan fingerprint density at radius 1 is 1.12 bits per heavy atom. The van der Waals surface area contributed by atoms with Crippen LogP contribution in [0.2, 0.25) is 0 Å². The fourth-order valence-electron chi connectivity index (χ4n) is 5.93. The maximum absolute atomic E-state index is 12.3. The van der Waals surface area contributed by atoms with Crippen LogP contribution in [-0.2, 0) is 4.74 Å². The first kappa shape index (κ1) is 26.4. The van der Waals surface area contributed by atoms with Gasteiger partial charge in [0.05, 0.1) is 30.9 Å². The minimum Gasteiger partial charge on any atom is -0.493 e. The lowest BCUT2D eigenvalue weighted by molar-refractivity contribution is 0.0697. The predicted molar refractivity (Wildman–Crippen MR) is 152 cm³/mol. The number of carbonyl (C=O) groups excluding carboxylic acids is 1. The summed E-state index contributed by atoms with van der Waals surface area (Å²) in [4.78, 5) is 19.3. The van der Waals surface area contributed by atoms with Crippen LogP contribution in [0.1, 0.15) is 35.4 Å². The molecular formula is C31H35N3O6. The minimum absolute atomic E-state index is 0.183. The fourth-order valence-corrected chi connectivity index (χ4v) is 5.93. The number of aromatic nitrogens is 1. The van der Waals surface area contributed by atoms with E-state index in [1.165, 1.54) is 12.8 Å². The SMILES string of the molecule is CNC(=O)c1c(C)oc2cc(Oc3ccnc4cc(OCCCN5CC(OC)C6(CC6)C5)c(OC)cc34)ccc12. The monoisotopic (exact) mass is 545 g/mol. The molecule has 40 heavy (non-hydrogen) atoms. The van der Waals surface area contributed by atoms with Crippen LogP contribution in [0.3, 0.4) is 0 Å². The van der Waals surface area contributed by atoms with E-state index in [2.05, 4.69) is 15.2 Å². The van der Waals surface area contributed by atoms with Crippen molar-refractivity contribution in [1.29, 1.82) is 0 Å². The van der Waals surface area contributed by atoms with Gasteiger partial charge in [-0.2, -0.15) is 0 Å². The third-order valence-corrected chi connectivity index (χ3v) is 8.20. The summed E-state index contributed by atoms with van der Waals surface area (Å²) in [5.41, 5.74) is 2.25. The number of rotatable bonds is 10. The molecule has 9 nitrogen and oxygen atoms in total. The molecule has 6 rings (SSSR count). The van der Waals surface area contributed by atoms with Crippen LogP contribution in [0, 0.1) is 12.3 Å². The van der Waals surface area contributed by atoms with E-state index in [4.69, 9.17) is 23.4 Å². The summed E-state index contributed by atoms with van der Waals surface area (Å²) in [6.45, 7) is 5.47. The van der Waals surface area contributed by atoms with Gasteiger partial charge in [0.25, 0.3) is 5.91 Å². The third kappa shape index (κ3) is 4.84. The molecule has 1 spiro atoms. The highest BCUT2D eigenvalue weighted by molar-refractivity contribution is 6.07. The number of nitrogens with one attached hydrogen (secondary N) is 1. The number of nitrogens with zero attached hydrogens (tertiary/aromatic N) is 2. The van der Waals surface area contributed by atoms with Gasteiger partial charge in [-0.15, -0.1) is 0 Å². The van der Waals surface area contributed by atoms with E-state index in [-0.39, 0.29) is 5.91 Å². The molecule has 2 aromatic heterocycles. The molecule has 3 heterocycles. The van der Waals surface area contributed by atoms with Crippen LogP contribution in [0.15, 0.2) is 47.0 Å². The number of fused-ring (bicyclic) bond motifs is 2. The molecule has 1 saturated heterocycles. The first-order valence-corrected chi connectivity index (χ1v) is 13.7. The number of aryl methyl sites for hydroxylation is 1. The van der Waals surface area contributed by atoms with Crippen LogP contribution in [0.4, 0.5) is 0 Å². The topological polar surface area (TPSA) is 95.3 Å². The van der Waals surface area contributed by atoms with E-state index in [0.29, 0.717) is 58.0 Å². The lowest BCUT2D eigenvalue weighted by atomic mass is 10.0. The summed E-state index contributed by atoms with van der Waals surface area (Å²) < 4.78 is 29.7. The Balaban J connectivity index is 1.16. The first-order chi connectivity index (χ1) is 19.4. The number of furan rings is 1. The number of methoxy groups -OCH3 is 2. The van der Waals surface area contributed by atoms with E-state index in [1.807, 2.05) is 37.4 Å². The number of benzene rings is 2. The van der Waals surface area contributed by atoms with Crippen molar-refractivity contribution in [2.24, 2.45) is 5.41 Å². The van der Waals surface area contributed by atoms with Crippen LogP contribution < -0.4 is 19.5 Å². The Labute approximate surface area is 233 Å². The highest BCUT2D eigenvalue weighted by Gasteiger charge is 2.55. The van der Waals surface area contributed by atoms with Crippen molar-refractivity contribution < 1.29 is 28.2 Å². The smallest absolute Gasteiger partial charge is 0.255 e. The quantitative estimate of drug-likeness (QED) is 0.267. The standard InChI is InChI=1S/C31H35N3O6/c1-19-29(30(35)32-2)21-7-6-20(14-25(21)39-19)40-24-8-11-33-23-16-27(26(36-3)15-22(23)24)38-13-5-12-34-17-28(37-4)31(18-34)9-10-31/h6-8,11,14-16,28H,5,9-10,12-13,17-18H2,1-4H3,(H,32,35). The Kier molecular flexibility index (Phi) is 7.02. The molecule has 1 N–H and O–H groups in total. The molecule has 1 aliphatic carbocycles. The first-order valence-electron chi connectivity index (χ1n) is 13.7. The molecule has 1 saturated carbocycles. The Bertz CT molecular complexity index is 1560. The lowest BCUT2D eigenvalue weighted by Crippen LogP contribution is -2.25. The summed E-state index contributed by atoms with van der Waals surface area (Å²) in [5.74, 6) is 2.86. The largest absolute Gasteiger partial charge is 0.493 e. The molecule has 2 aliphatic rings. The maximum Gasteiger partial charge on any atom is 0.255 e. The number of amides is 1. The van der Waals surface area contributed by atoms with Gasteiger partial charge in [-0.3, -0.25) is 14.7 Å². The van der Waals surface area contributed by atoms with Gasteiger partial charge in [0.15, 0.2) is 11.5 Å². The molecule has 4 aromatic rings. The maximum atomic E-state index is 12.3. The molecule has 1 atom stereocenters. The molecular weight excluding hydrogens is 510 g/mol. The Hall–Kier alpha value is -3.82. The second kappa shape index (κ2) is 10.6. The third-order valence-electron chi connectivity index (χ3n) is 8.20. The summed E-state index contributed by atoms with van der Waals surface area (Å²) >= 11 is 0.